The van der Waals surface area contributed by atoms with Gasteiger partial charge in [0, 0.05) is 4.48 Å². The average molecular weight is 189 g/mol. The summed E-state index contributed by atoms with van der Waals surface area (Å²) >= 11 is 3.17. The topological polar surface area (TPSA) is 20.2 Å². The van der Waals surface area contributed by atoms with Crippen molar-refractivity contribution in [2.75, 3.05) is 0 Å². The maximum absolute atomic E-state index is 9.16. The molecule has 0 aromatic carbocycles. The molecular weight excluding hydrogens is 179 g/mol. The molecule has 1 N–H and O–H groups in total. The van der Waals surface area contributed by atoms with Crippen molar-refractivity contribution in [3.8, 4) is 0 Å². The first-order valence-corrected chi connectivity index (χ1v) is 3.57. The summed E-state index contributed by atoms with van der Waals surface area (Å²) in [6, 6.07) is 0. The number of aliphatic hydroxyl groups is 1. The molecule has 0 unspecified atom stereocenters. The van der Waals surface area contributed by atoms with Crippen molar-refractivity contribution in [3.05, 3.63) is 21.8 Å². The Morgan fingerprint density at radius 2 is 2.11 bits per heavy atom. The van der Waals surface area contributed by atoms with E-state index in [4.69, 9.17) is 5.11 Å². The number of hydrogen-bond donors (Lipinski definition) is 1. The van der Waals surface area contributed by atoms with Crippen molar-refractivity contribution < 1.29 is 5.11 Å². The van der Waals surface area contributed by atoms with E-state index >= 15 is 0 Å². The second-order valence-corrected chi connectivity index (χ2v) is 3.04. The van der Waals surface area contributed by atoms with Crippen LogP contribution in [0.5, 0.6) is 0 Å². The Labute approximate surface area is 65.0 Å². The molecule has 0 fully saturated rings. The molecule has 0 amide bonds. The van der Waals surface area contributed by atoms with E-state index in [1.54, 1.807) is 0 Å². The summed E-state index contributed by atoms with van der Waals surface area (Å²) in [6.07, 6.45) is 1.86. The van der Waals surface area contributed by atoms with Crippen molar-refractivity contribution >= 4 is 23.8 Å². The number of hydrogen-bond acceptors (Lipinski definition) is 1. The number of allylic oxidation sites excluding steroid dienone is 3. The van der Waals surface area contributed by atoms with Gasteiger partial charge in [-0.05, 0) is 13.8 Å². The quantitative estimate of drug-likeness (QED) is 0.378. The van der Waals surface area contributed by atoms with Crippen LogP contribution in [0, 0.1) is 0 Å². The first kappa shape index (κ1) is 8.82. The maximum Gasteiger partial charge on any atom is 0.143 e. The molecular formula is C6H10BBrO. The Morgan fingerprint density at radius 1 is 1.67 bits per heavy atom. The van der Waals surface area contributed by atoms with E-state index in [0.29, 0.717) is 5.76 Å². The van der Waals surface area contributed by atoms with Crippen LogP contribution in [0.2, 0.25) is 0 Å². The van der Waals surface area contributed by atoms with Gasteiger partial charge in [0.05, 0.1) is 0 Å². The van der Waals surface area contributed by atoms with Gasteiger partial charge in [-0.1, -0.05) is 27.5 Å². The highest BCUT2D eigenvalue weighted by Gasteiger charge is 1.96. The Kier molecular flexibility index (Phi) is 3.70. The van der Waals surface area contributed by atoms with Gasteiger partial charge in [-0.25, -0.2) is 0 Å². The van der Waals surface area contributed by atoms with Crippen LogP contribution in [0.15, 0.2) is 21.8 Å². The molecule has 0 aliphatic heterocycles. The summed E-state index contributed by atoms with van der Waals surface area (Å²) in [5.74, 6) is 0.331. The Hall–Kier alpha value is -0.175. The summed E-state index contributed by atoms with van der Waals surface area (Å²) in [5, 5.41) is 9.16. The maximum atomic E-state index is 9.16. The van der Waals surface area contributed by atoms with Gasteiger partial charge in [-0.3, -0.25) is 0 Å². The lowest BCUT2D eigenvalue weighted by Gasteiger charge is -1.98. The minimum atomic E-state index is 0.331. The van der Waals surface area contributed by atoms with E-state index in [9.17, 15) is 0 Å². The highest BCUT2D eigenvalue weighted by atomic mass is 79.9. The lowest BCUT2D eigenvalue weighted by Crippen LogP contribution is -1.87. The number of rotatable bonds is 1. The van der Waals surface area contributed by atoms with Gasteiger partial charge >= 0.3 is 0 Å². The van der Waals surface area contributed by atoms with Gasteiger partial charge in [0.15, 0.2) is 0 Å². The third-order valence-electron chi connectivity index (χ3n) is 1.13. The summed E-state index contributed by atoms with van der Waals surface area (Å²) in [5.41, 5.74) is 0.893. The van der Waals surface area contributed by atoms with Crippen molar-refractivity contribution in [1.29, 1.82) is 0 Å². The predicted octanol–water partition coefficient (Wildman–Crippen LogP) is 1.71. The molecule has 0 aliphatic rings. The first-order chi connectivity index (χ1) is 4.09. The van der Waals surface area contributed by atoms with Gasteiger partial charge < -0.3 is 5.11 Å². The smallest absolute Gasteiger partial charge is 0.143 e. The van der Waals surface area contributed by atoms with Crippen LogP contribution in [0.4, 0.5) is 0 Å². The zero-order valence-corrected chi connectivity index (χ0v) is 7.49. The second-order valence-electron chi connectivity index (χ2n) is 1.85. The molecule has 0 atom stereocenters. The van der Waals surface area contributed by atoms with Crippen molar-refractivity contribution in [3.63, 3.8) is 0 Å². The van der Waals surface area contributed by atoms with E-state index in [0.717, 1.165) is 9.95 Å². The third-order valence-corrected chi connectivity index (χ3v) is 1.51. The van der Waals surface area contributed by atoms with Crippen LogP contribution < -0.4 is 0 Å². The summed E-state index contributed by atoms with van der Waals surface area (Å²) in [6.45, 7) is 3.70. The van der Waals surface area contributed by atoms with E-state index in [1.807, 2.05) is 27.8 Å². The third kappa shape index (κ3) is 2.75. The van der Waals surface area contributed by atoms with E-state index in [1.165, 1.54) is 0 Å². The van der Waals surface area contributed by atoms with Crippen molar-refractivity contribution in [2.45, 2.75) is 13.8 Å². The minimum Gasteiger partial charge on any atom is -0.508 e. The van der Waals surface area contributed by atoms with Crippen LogP contribution in [-0.2, 0) is 0 Å². The lowest BCUT2D eigenvalue weighted by molar-refractivity contribution is 0.427. The molecule has 0 aromatic heterocycles. The van der Waals surface area contributed by atoms with Gasteiger partial charge in [-0.15, -0.1) is 0 Å². The normalized spacial score (nSPS) is 15.2. The summed E-state index contributed by atoms with van der Waals surface area (Å²) in [7, 11) is 1.86. The molecule has 50 valence electrons. The highest BCUT2D eigenvalue weighted by Crippen LogP contribution is 2.13. The molecule has 0 aromatic rings. The first-order valence-electron chi connectivity index (χ1n) is 2.78. The zero-order valence-electron chi connectivity index (χ0n) is 5.90. The second kappa shape index (κ2) is 3.78. The van der Waals surface area contributed by atoms with E-state index < -0.39 is 0 Å². The van der Waals surface area contributed by atoms with E-state index in [2.05, 4.69) is 15.9 Å². The van der Waals surface area contributed by atoms with Gasteiger partial charge in [-0.2, -0.15) is 0 Å². The lowest BCUT2D eigenvalue weighted by atomic mass is 9.93. The fourth-order valence-electron chi connectivity index (χ4n) is 0.408. The van der Waals surface area contributed by atoms with Crippen molar-refractivity contribution in [1.82, 2.24) is 0 Å². The summed E-state index contributed by atoms with van der Waals surface area (Å²) in [4.78, 5) is 0. The van der Waals surface area contributed by atoms with Crippen LogP contribution >= 0.6 is 15.9 Å². The zero-order chi connectivity index (χ0) is 7.44. The van der Waals surface area contributed by atoms with Gasteiger partial charge in [0.2, 0.25) is 0 Å². The number of halogens is 1. The van der Waals surface area contributed by atoms with Gasteiger partial charge in [0.25, 0.3) is 0 Å². The molecule has 0 heterocycles. The molecule has 9 heavy (non-hydrogen) atoms. The van der Waals surface area contributed by atoms with Crippen LogP contribution in [0.3, 0.4) is 0 Å². The molecule has 1 nitrogen and oxygen atoms in total. The highest BCUT2D eigenvalue weighted by molar-refractivity contribution is 9.11. The van der Waals surface area contributed by atoms with Crippen LogP contribution in [-0.4, -0.2) is 13.0 Å². The van der Waals surface area contributed by atoms with Crippen LogP contribution in [0.25, 0.3) is 0 Å². The van der Waals surface area contributed by atoms with Gasteiger partial charge in [0.1, 0.15) is 13.6 Å². The number of aliphatic hydroxyl groups excluding tert-OH is 1. The SMILES string of the molecule is BC(=C/C)/C(O)=C(\C)Br. The summed E-state index contributed by atoms with van der Waals surface area (Å²) < 4.78 is 0.776. The molecule has 0 rings (SSSR count). The minimum absolute atomic E-state index is 0.331. The molecule has 0 radical (unpaired) electrons. The Bertz CT molecular complexity index is 156. The molecule has 0 saturated carbocycles. The standard InChI is InChI=1S/C6H10BBrO/c1-3-5(7)6(9)4(2)8/h3,9H,7H2,1-2H3/b5-3+,6-4-. The Balaban J connectivity index is 4.40. The van der Waals surface area contributed by atoms with E-state index in [-0.39, 0.29) is 0 Å². The fraction of sp³-hybridized carbons (Fsp3) is 0.333. The molecule has 0 bridgehead atoms. The van der Waals surface area contributed by atoms with Crippen LogP contribution in [0.1, 0.15) is 13.8 Å². The molecule has 0 aliphatic carbocycles. The molecule has 0 spiro atoms. The fourth-order valence-corrected chi connectivity index (χ4v) is 0.721. The Morgan fingerprint density at radius 3 is 2.22 bits per heavy atom. The molecule has 0 saturated heterocycles. The largest absolute Gasteiger partial charge is 0.508 e. The average Bonchev–Trinajstić information content (AvgIpc) is 1.84. The monoisotopic (exact) mass is 188 g/mol. The molecule has 3 heteroatoms. The van der Waals surface area contributed by atoms with Crippen molar-refractivity contribution in [2.24, 2.45) is 0 Å². The predicted molar refractivity (Wildman–Crippen MR) is 46.6 cm³/mol.